The van der Waals surface area contributed by atoms with E-state index in [0.717, 1.165) is 0 Å². The van der Waals surface area contributed by atoms with Crippen LogP contribution < -0.4 is 5.32 Å². The first-order valence-electron chi connectivity index (χ1n) is 8.45. The monoisotopic (exact) mass is 394 g/mol. The number of allylic oxidation sites excluding steroid dienone is 2. The second-order valence-corrected chi connectivity index (χ2v) is 6.05. The van der Waals surface area contributed by atoms with Crippen LogP contribution in [0.25, 0.3) is 0 Å². The van der Waals surface area contributed by atoms with Gasteiger partial charge in [0.2, 0.25) is 0 Å². The molecule has 0 spiro atoms. The fourth-order valence-corrected chi connectivity index (χ4v) is 3.06. The molecule has 8 nitrogen and oxygen atoms in total. The molecule has 0 bridgehead atoms. The summed E-state index contributed by atoms with van der Waals surface area (Å²) in [5, 5.41) is 14.2. The van der Waals surface area contributed by atoms with Crippen molar-refractivity contribution in [3.63, 3.8) is 0 Å². The van der Waals surface area contributed by atoms with Gasteiger partial charge in [-0.05, 0) is 19.4 Å². The molecule has 29 heavy (non-hydrogen) atoms. The Hall–Kier alpha value is -4.04. The SMILES string of the molecule is C#CCOC(=O)C1=C(C)NC(C)=C(C(=O)OCC#C)C1c1cccc([N+](=O)[O-])c1. The van der Waals surface area contributed by atoms with E-state index in [1.165, 1.54) is 18.2 Å². The van der Waals surface area contributed by atoms with Crippen molar-refractivity contribution in [3.8, 4) is 24.7 Å². The van der Waals surface area contributed by atoms with Gasteiger partial charge in [-0.2, -0.15) is 0 Å². The first-order valence-corrected chi connectivity index (χ1v) is 8.45. The number of nitro benzene ring substituents is 1. The highest BCUT2D eigenvalue weighted by atomic mass is 16.6. The Kier molecular flexibility index (Phi) is 6.78. The van der Waals surface area contributed by atoms with Crippen LogP contribution in [-0.4, -0.2) is 30.1 Å². The highest BCUT2D eigenvalue weighted by Crippen LogP contribution is 2.40. The van der Waals surface area contributed by atoms with Crippen molar-refractivity contribution in [2.45, 2.75) is 19.8 Å². The molecule has 1 N–H and O–H groups in total. The number of hydrogen-bond donors (Lipinski definition) is 1. The van der Waals surface area contributed by atoms with Gasteiger partial charge in [0.05, 0.1) is 22.0 Å². The smallest absolute Gasteiger partial charge is 0.337 e. The quantitative estimate of drug-likeness (QED) is 0.341. The van der Waals surface area contributed by atoms with E-state index in [-0.39, 0.29) is 30.0 Å². The molecule has 1 aromatic carbocycles. The van der Waals surface area contributed by atoms with E-state index in [2.05, 4.69) is 17.2 Å². The highest BCUT2D eigenvalue weighted by molar-refractivity contribution is 6.00. The van der Waals surface area contributed by atoms with Gasteiger partial charge in [0.1, 0.15) is 0 Å². The van der Waals surface area contributed by atoms with Crippen molar-refractivity contribution in [3.05, 3.63) is 62.5 Å². The van der Waals surface area contributed by atoms with Crippen LogP contribution in [0.1, 0.15) is 25.3 Å². The van der Waals surface area contributed by atoms with Crippen LogP contribution in [0.15, 0.2) is 46.8 Å². The number of esters is 2. The maximum absolute atomic E-state index is 12.7. The van der Waals surface area contributed by atoms with Crippen molar-refractivity contribution in [2.75, 3.05) is 13.2 Å². The third-order valence-electron chi connectivity index (χ3n) is 4.19. The number of terminal acetylenes is 2. The van der Waals surface area contributed by atoms with E-state index in [9.17, 15) is 19.7 Å². The normalized spacial score (nSPS) is 13.8. The number of non-ortho nitro benzene ring substituents is 1. The Balaban J connectivity index is 2.65. The molecule has 0 fully saturated rings. The Labute approximate surface area is 167 Å². The van der Waals surface area contributed by atoms with E-state index < -0.39 is 22.8 Å². The summed E-state index contributed by atoms with van der Waals surface area (Å²) in [6.07, 6.45) is 10.3. The Morgan fingerprint density at radius 2 is 1.62 bits per heavy atom. The third-order valence-corrected chi connectivity index (χ3v) is 4.19. The summed E-state index contributed by atoms with van der Waals surface area (Å²) in [6.45, 7) is 2.72. The molecule has 8 heteroatoms. The van der Waals surface area contributed by atoms with E-state index >= 15 is 0 Å². The molecule has 0 saturated heterocycles. The molecule has 0 radical (unpaired) electrons. The minimum absolute atomic E-state index is 0.0963. The first kappa shape index (κ1) is 21.3. The maximum Gasteiger partial charge on any atom is 0.337 e. The highest BCUT2D eigenvalue weighted by Gasteiger charge is 2.38. The van der Waals surface area contributed by atoms with Crippen molar-refractivity contribution in [1.82, 2.24) is 5.32 Å². The fourth-order valence-electron chi connectivity index (χ4n) is 3.06. The summed E-state index contributed by atoms with van der Waals surface area (Å²) in [5.41, 5.74) is 1.20. The van der Waals surface area contributed by atoms with Crippen molar-refractivity contribution < 1.29 is 24.0 Å². The topological polar surface area (TPSA) is 108 Å². The second-order valence-electron chi connectivity index (χ2n) is 6.05. The lowest BCUT2D eigenvalue weighted by atomic mass is 9.80. The molecular formula is C21H18N2O6. The lowest BCUT2D eigenvalue weighted by Gasteiger charge is -2.30. The zero-order valence-corrected chi connectivity index (χ0v) is 15.9. The lowest BCUT2D eigenvalue weighted by molar-refractivity contribution is -0.384. The molecule has 1 aromatic rings. The largest absolute Gasteiger partial charge is 0.449 e. The minimum atomic E-state index is -0.966. The molecule has 0 aliphatic carbocycles. The molecule has 0 saturated carbocycles. The standard InChI is InChI=1S/C21H18N2O6/c1-5-10-28-20(24)17-13(3)22-14(4)18(21(25)29-11-6-2)19(17)15-8-7-9-16(12-15)23(26)27/h1-2,7-9,12,19,22H,10-11H2,3-4H3. The van der Waals surface area contributed by atoms with Gasteiger partial charge in [-0.25, -0.2) is 9.59 Å². The number of benzene rings is 1. The molecule has 0 amide bonds. The van der Waals surface area contributed by atoms with Crippen molar-refractivity contribution in [2.24, 2.45) is 0 Å². The Morgan fingerprint density at radius 3 is 2.07 bits per heavy atom. The predicted molar refractivity (Wildman–Crippen MR) is 104 cm³/mol. The number of carbonyl (C=O) groups excluding carboxylic acids is 2. The number of rotatable bonds is 6. The van der Waals surface area contributed by atoms with Crippen molar-refractivity contribution in [1.29, 1.82) is 0 Å². The Morgan fingerprint density at radius 1 is 1.10 bits per heavy atom. The summed E-state index contributed by atoms with van der Waals surface area (Å²) in [4.78, 5) is 36.1. The van der Waals surface area contributed by atoms with Crippen LogP contribution in [0, 0.1) is 34.8 Å². The van der Waals surface area contributed by atoms with Gasteiger partial charge in [-0.15, -0.1) is 12.8 Å². The lowest BCUT2D eigenvalue weighted by Crippen LogP contribution is -2.32. The van der Waals surface area contributed by atoms with Crippen LogP contribution in [-0.2, 0) is 19.1 Å². The predicted octanol–water partition coefficient (Wildman–Crippen LogP) is 2.18. The van der Waals surface area contributed by atoms with Gasteiger partial charge in [-0.1, -0.05) is 24.0 Å². The third kappa shape index (κ3) is 4.63. The van der Waals surface area contributed by atoms with Crippen LogP contribution >= 0.6 is 0 Å². The summed E-state index contributed by atoms with van der Waals surface area (Å²) in [6, 6.07) is 5.64. The Bertz CT molecular complexity index is 955. The van der Waals surface area contributed by atoms with Crippen LogP contribution in [0.5, 0.6) is 0 Å². The van der Waals surface area contributed by atoms with Crippen LogP contribution in [0.4, 0.5) is 5.69 Å². The number of ether oxygens (including phenoxy) is 2. The van der Waals surface area contributed by atoms with E-state index in [0.29, 0.717) is 17.0 Å². The maximum atomic E-state index is 12.7. The van der Waals surface area contributed by atoms with Gasteiger partial charge in [0.25, 0.3) is 5.69 Å². The van der Waals surface area contributed by atoms with E-state index in [1.54, 1.807) is 19.9 Å². The molecule has 0 aromatic heterocycles. The number of nitrogens with one attached hydrogen (secondary N) is 1. The van der Waals surface area contributed by atoms with Crippen LogP contribution in [0.3, 0.4) is 0 Å². The zero-order chi connectivity index (χ0) is 21.6. The van der Waals surface area contributed by atoms with Crippen LogP contribution in [0.2, 0.25) is 0 Å². The molecule has 148 valence electrons. The number of nitro groups is 1. The average Bonchev–Trinajstić information content (AvgIpc) is 2.69. The molecule has 2 rings (SSSR count). The fraction of sp³-hybridized carbons (Fsp3) is 0.238. The molecule has 1 aliphatic heterocycles. The molecular weight excluding hydrogens is 376 g/mol. The number of dihydropyridines is 1. The molecule has 1 aliphatic rings. The van der Waals surface area contributed by atoms with E-state index in [1.807, 2.05) is 0 Å². The van der Waals surface area contributed by atoms with Gasteiger partial charge in [-0.3, -0.25) is 10.1 Å². The van der Waals surface area contributed by atoms with Gasteiger partial charge in [0.15, 0.2) is 13.2 Å². The number of nitrogens with zero attached hydrogens (tertiary/aromatic N) is 1. The van der Waals surface area contributed by atoms with Gasteiger partial charge >= 0.3 is 11.9 Å². The first-order chi connectivity index (χ1) is 13.8. The minimum Gasteiger partial charge on any atom is -0.449 e. The zero-order valence-electron chi connectivity index (χ0n) is 15.9. The van der Waals surface area contributed by atoms with Gasteiger partial charge in [0, 0.05) is 23.5 Å². The summed E-state index contributed by atoms with van der Waals surface area (Å²) < 4.78 is 10.1. The number of hydrogen-bond acceptors (Lipinski definition) is 7. The average molecular weight is 394 g/mol. The summed E-state index contributed by atoms with van der Waals surface area (Å²) in [7, 11) is 0. The van der Waals surface area contributed by atoms with E-state index in [4.69, 9.17) is 22.3 Å². The summed E-state index contributed by atoms with van der Waals surface area (Å²) in [5.74, 6) is 1.93. The second kappa shape index (κ2) is 9.25. The molecule has 0 unspecified atom stereocenters. The summed E-state index contributed by atoms with van der Waals surface area (Å²) >= 11 is 0. The number of carbonyl (C=O) groups is 2. The molecule has 1 heterocycles. The van der Waals surface area contributed by atoms with Gasteiger partial charge < -0.3 is 14.8 Å². The van der Waals surface area contributed by atoms with Crippen molar-refractivity contribution >= 4 is 17.6 Å². The molecule has 0 atom stereocenters.